The molecule has 3 N–H and O–H groups in total. The zero-order chi connectivity index (χ0) is 18.3. The first-order valence-electron chi connectivity index (χ1n) is 6.63. The van der Waals surface area contributed by atoms with Gasteiger partial charge in [0.15, 0.2) is 11.4 Å². The second kappa shape index (κ2) is 6.26. The molecule has 0 radical (unpaired) electrons. The lowest BCUT2D eigenvalue weighted by atomic mass is 10.0. The van der Waals surface area contributed by atoms with Crippen molar-refractivity contribution in [2.45, 2.75) is 0 Å². The summed E-state index contributed by atoms with van der Waals surface area (Å²) in [7, 11) is 0. The average molecular weight is 428 g/mol. The first-order chi connectivity index (χ1) is 11.8. The largest absolute Gasteiger partial charge is 0.506 e. The zero-order valence-corrected chi connectivity index (χ0v) is 14.4. The minimum Gasteiger partial charge on any atom is -0.506 e. The number of rotatable bonds is 2. The van der Waals surface area contributed by atoms with Crippen LogP contribution in [0.15, 0.2) is 39.3 Å². The van der Waals surface area contributed by atoms with Crippen molar-refractivity contribution in [1.29, 1.82) is 0 Å². The molecular formula is C15H8BrClN2O6. The van der Waals surface area contributed by atoms with Crippen LogP contribution < -0.4 is 4.90 Å². The van der Waals surface area contributed by atoms with Crippen LogP contribution in [0.5, 0.6) is 5.75 Å². The summed E-state index contributed by atoms with van der Waals surface area (Å²) >= 11 is 9.18. The highest BCUT2D eigenvalue weighted by Gasteiger charge is 2.28. The molecule has 3 rings (SSSR count). The molecule has 0 aliphatic rings. The number of nitrogens with zero attached hydrogens (tertiary/aromatic N) is 2. The molecule has 0 fully saturated rings. The third-order valence-corrected chi connectivity index (χ3v) is 4.21. The highest BCUT2D eigenvalue weighted by Crippen LogP contribution is 2.40. The fourth-order valence-corrected chi connectivity index (χ4v) is 3.11. The Labute approximate surface area is 153 Å². The molecule has 128 valence electrons. The summed E-state index contributed by atoms with van der Waals surface area (Å²) in [5.41, 5.74) is 1.02. The Bertz CT molecular complexity index is 1000. The van der Waals surface area contributed by atoms with Crippen molar-refractivity contribution >= 4 is 56.5 Å². The number of hydrogen-bond acceptors (Lipinski definition) is 5. The van der Waals surface area contributed by atoms with Gasteiger partial charge in [0.05, 0.1) is 9.86 Å². The first kappa shape index (κ1) is 17.1. The van der Waals surface area contributed by atoms with Gasteiger partial charge in [0.1, 0.15) is 5.75 Å². The summed E-state index contributed by atoms with van der Waals surface area (Å²) in [6.07, 6.45) is -3.44. The lowest BCUT2D eigenvalue weighted by Gasteiger charge is -2.10. The Morgan fingerprint density at radius 1 is 1.16 bits per heavy atom. The van der Waals surface area contributed by atoms with E-state index >= 15 is 0 Å². The maximum absolute atomic E-state index is 11.2. The van der Waals surface area contributed by atoms with Gasteiger partial charge in [0, 0.05) is 10.6 Å². The maximum Gasteiger partial charge on any atom is 0.422 e. The summed E-state index contributed by atoms with van der Waals surface area (Å²) in [5, 5.41) is 32.4. The van der Waals surface area contributed by atoms with Crippen molar-refractivity contribution in [1.82, 2.24) is 5.16 Å². The zero-order valence-electron chi connectivity index (χ0n) is 12.1. The molecule has 10 heteroatoms. The SMILES string of the molecule is O=C(O)N(C(=O)O)c1noc2ccc(-c3cc(Cl)cc(Br)c3O)cc12. The average Bonchev–Trinajstić information content (AvgIpc) is 2.93. The molecule has 1 heterocycles. The van der Waals surface area contributed by atoms with Gasteiger partial charge in [0.25, 0.3) is 0 Å². The molecule has 0 bridgehead atoms. The molecule has 2 aromatic carbocycles. The van der Waals surface area contributed by atoms with Crippen molar-refractivity contribution in [3.63, 3.8) is 0 Å². The highest BCUT2D eigenvalue weighted by atomic mass is 79.9. The van der Waals surface area contributed by atoms with Crippen LogP contribution in [-0.2, 0) is 0 Å². The summed E-state index contributed by atoms with van der Waals surface area (Å²) in [4.78, 5) is 22.4. The lowest BCUT2D eigenvalue weighted by molar-refractivity contribution is 0.183. The Kier molecular flexibility index (Phi) is 4.27. The van der Waals surface area contributed by atoms with E-state index in [0.717, 1.165) is 0 Å². The molecule has 3 aromatic rings. The van der Waals surface area contributed by atoms with E-state index in [0.29, 0.717) is 20.6 Å². The van der Waals surface area contributed by atoms with Crippen LogP contribution >= 0.6 is 27.5 Å². The number of phenolic OH excluding ortho intramolecular Hbond substituents is 1. The van der Waals surface area contributed by atoms with Crippen molar-refractivity contribution in [2.75, 3.05) is 4.90 Å². The van der Waals surface area contributed by atoms with Crippen LogP contribution in [0.25, 0.3) is 22.1 Å². The quantitative estimate of drug-likeness (QED) is 0.537. The molecule has 0 aliphatic heterocycles. The van der Waals surface area contributed by atoms with Gasteiger partial charge in [-0.3, -0.25) is 0 Å². The number of carboxylic acid groups (broad SMARTS) is 2. The first-order valence-corrected chi connectivity index (χ1v) is 7.80. The summed E-state index contributed by atoms with van der Waals surface area (Å²) in [6, 6.07) is 7.57. The molecule has 25 heavy (non-hydrogen) atoms. The Morgan fingerprint density at radius 3 is 2.48 bits per heavy atom. The van der Waals surface area contributed by atoms with Crippen LogP contribution in [0, 0.1) is 0 Å². The van der Waals surface area contributed by atoms with E-state index in [-0.39, 0.29) is 21.6 Å². The smallest absolute Gasteiger partial charge is 0.422 e. The van der Waals surface area contributed by atoms with E-state index in [1.54, 1.807) is 6.07 Å². The number of carbonyl (C=O) groups is 2. The minimum absolute atomic E-state index is 0.0450. The lowest BCUT2D eigenvalue weighted by Crippen LogP contribution is -2.34. The molecule has 1 aromatic heterocycles. The second-order valence-corrected chi connectivity index (χ2v) is 6.19. The topological polar surface area (TPSA) is 124 Å². The van der Waals surface area contributed by atoms with E-state index in [9.17, 15) is 14.7 Å². The van der Waals surface area contributed by atoms with Crippen LogP contribution in [0.4, 0.5) is 15.4 Å². The Hall–Kier alpha value is -2.78. The van der Waals surface area contributed by atoms with Crippen LogP contribution in [0.3, 0.4) is 0 Å². The number of benzene rings is 2. The normalized spacial score (nSPS) is 10.8. The number of aromatic nitrogens is 1. The highest BCUT2D eigenvalue weighted by molar-refractivity contribution is 9.10. The fourth-order valence-electron chi connectivity index (χ4n) is 2.30. The van der Waals surface area contributed by atoms with Crippen LogP contribution in [0.2, 0.25) is 5.02 Å². The molecular weight excluding hydrogens is 420 g/mol. The number of phenols is 1. The fraction of sp³-hybridized carbons (Fsp3) is 0. The van der Waals surface area contributed by atoms with Gasteiger partial charge < -0.3 is 19.8 Å². The van der Waals surface area contributed by atoms with E-state index in [2.05, 4.69) is 21.1 Å². The molecule has 0 atom stereocenters. The second-order valence-electron chi connectivity index (χ2n) is 4.90. The monoisotopic (exact) mass is 426 g/mol. The molecule has 0 spiro atoms. The van der Waals surface area contributed by atoms with Gasteiger partial charge >= 0.3 is 12.2 Å². The number of aromatic hydroxyl groups is 1. The van der Waals surface area contributed by atoms with Gasteiger partial charge in [0.2, 0.25) is 0 Å². The van der Waals surface area contributed by atoms with Gasteiger partial charge in [-0.2, -0.15) is 4.90 Å². The van der Waals surface area contributed by atoms with Crippen molar-refractivity contribution in [2.24, 2.45) is 0 Å². The molecule has 0 unspecified atom stereocenters. The number of halogens is 2. The Morgan fingerprint density at radius 2 is 1.84 bits per heavy atom. The van der Waals surface area contributed by atoms with Crippen molar-refractivity contribution < 1.29 is 29.4 Å². The molecule has 0 saturated heterocycles. The van der Waals surface area contributed by atoms with Gasteiger partial charge in [-0.05, 0) is 45.8 Å². The molecule has 8 nitrogen and oxygen atoms in total. The van der Waals surface area contributed by atoms with Gasteiger partial charge in [-0.15, -0.1) is 0 Å². The van der Waals surface area contributed by atoms with Gasteiger partial charge in [-0.1, -0.05) is 22.8 Å². The number of anilines is 1. The standard InChI is InChI=1S/C15H8BrClN2O6/c16-10-5-7(17)4-8(12(10)20)6-1-2-11-9(3-6)13(18-25-11)19(14(21)22)15(23)24/h1-5,20H,(H,21,22)(H,23,24). The summed E-state index contributed by atoms with van der Waals surface area (Å²) < 4.78 is 5.36. The Balaban J connectivity index is 2.23. The summed E-state index contributed by atoms with van der Waals surface area (Å²) in [6.45, 7) is 0. The van der Waals surface area contributed by atoms with Crippen LogP contribution in [-0.4, -0.2) is 32.7 Å². The predicted octanol–water partition coefficient (Wildman–Crippen LogP) is 4.78. The number of amides is 2. The molecule has 0 saturated carbocycles. The van der Waals surface area contributed by atoms with Crippen molar-refractivity contribution in [3.8, 4) is 16.9 Å². The molecule has 2 amide bonds. The maximum atomic E-state index is 11.2. The van der Waals surface area contributed by atoms with Gasteiger partial charge in [-0.25, -0.2) is 9.59 Å². The van der Waals surface area contributed by atoms with E-state index < -0.39 is 18.0 Å². The van der Waals surface area contributed by atoms with Crippen molar-refractivity contribution in [3.05, 3.63) is 39.8 Å². The third kappa shape index (κ3) is 2.99. The number of hydrogen-bond donors (Lipinski definition) is 3. The van der Waals surface area contributed by atoms with E-state index in [1.165, 1.54) is 24.3 Å². The summed E-state index contributed by atoms with van der Waals surface area (Å²) in [5.74, 6) is -0.465. The third-order valence-electron chi connectivity index (χ3n) is 3.38. The molecule has 0 aliphatic carbocycles. The van der Waals surface area contributed by atoms with E-state index in [4.69, 9.17) is 26.3 Å². The minimum atomic E-state index is -1.72. The van der Waals surface area contributed by atoms with E-state index in [1.807, 2.05) is 0 Å². The number of imide groups is 1. The predicted molar refractivity (Wildman–Crippen MR) is 92.3 cm³/mol. The number of fused-ring (bicyclic) bond motifs is 1. The van der Waals surface area contributed by atoms with Crippen LogP contribution in [0.1, 0.15) is 0 Å².